The summed E-state index contributed by atoms with van der Waals surface area (Å²) in [5.74, 6) is -0.0852. The molecule has 2 rings (SSSR count). The zero-order chi connectivity index (χ0) is 12.3. The highest BCUT2D eigenvalue weighted by Crippen LogP contribution is 2.21. The zero-order valence-corrected chi connectivity index (χ0v) is 9.30. The smallest absolute Gasteiger partial charge is 0.185 e. The van der Waals surface area contributed by atoms with Gasteiger partial charge in [-0.25, -0.2) is 9.07 Å². The topological polar surface area (TPSA) is 78.8 Å². The van der Waals surface area contributed by atoms with Gasteiger partial charge in [-0.15, -0.1) is 5.10 Å². The lowest BCUT2D eigenvalue weighted by Crippen LogP contribution is -2.08. The van der Waals surface area contributed by atoms with E-state index in [4.69, 9.17) is 10.5 Å². The van der Waals surface area contributed by atoms with Crippen molar-refractivity contribution >= 4 is 5.69 Å². The number of nitrogens with two attached hydrogens (primary N) is 1. The van der Waals surface area contributed by atoms with Gasteiger partial charge in [-0.05, 0) is 28.6 Å². The molecule has 0 aliphatic carbocycles. The quantitative estimate of drug-likeness (QED) is 0.792. The Morgan fingerprint density at radius 3 is 3.00 bits per heavy atom. The first kappa shape index (κ1) is 11.5. The number of nitrogen functional groups attached to an aromatic ring is 1. The molecule has 1 aromatic carbocycles. The maximum Gasteiger partial charge on any atom is 0.185 e. The van der Waals surface area contributed by atoms with E-state index in [1.807, 2.05) is 0 Å². The number of halogens is 1. The van der Waals surface area contributed by atoms with Gasteiger partial charge in [0.2, 0.25) is 0 Å². The van der Waals surface area contributed by atoms with Crippen LogP contribution in [0.5, 0.6) is 0 Å². The summed E-state index contributed by atoms with van der Waals surface area (Å²) in [5.41, 5.74) is 6.16. The van der Waals surface area contributed by atoms with Gasteiger partial charge in [0.05, 0.1) is 18.7 Å². The van der Waals surface area contributed by atoms with Gasteiger partial charge in [0.15, 0.2) is 5.82 Å². The average molecular weight is 237 g/mol. The van der Waals surface area contributed by atoms with Crippen molar-refractivity contribution in [2.45, 2.75) is 6.54 Å². The van der Waals surface area contributed by atoms with Crippen LogP contribution in [0.15, 0.2) is 18.2 Å². The summed E-state index contributed by atoms with van der Waals surface area (Å²) in [4.78, 5) is 0. The highest BCUT2D eigenvalue weighted by Gasteiger charge is 2.13. The van der Waals surface area contributed by atoms with Gasteiger partial charge in [0.25, 0.3) is 0 Å². The molecular weight excluding hydrogens is 225 g/mol. The fourth-order valence-corrected chi connectivity index (χ4v) is 1.44. The third-order valence-corrected chi connectivity index (χ3v) is 2.27. The van der Waals surface area contributed by atoms with Gasteiger partial charge in [0, 0.05) is 12.8 Å². The third kappa shape index (κ3) is 2.39. The first-order valence-corrected chi connectivity index (χ1v) is 5.03. The van der Waals surface area contributed by atoms with Gasteiger partial charge in [0.1, 0.15) is 5.82 Å². The van der Waals surface area contributed by atoms with E-state index in [-0.39, 0.29) is 0 Å². The van der Waals surface area contributed by atoms with E-state index < -0.39 is 5.82 Å². The summed E-state index contributed by atoms with van der Waals surface area (Å²) in [6.07, 6.45) is 0. The lowest BCUT2D eigenvalue weighted by atomic mass is 10.2. The maximum absolute atomic E-state index is 13.7. The molecule has 2 aromatic rings. The first-order chi connectivity index (χ1) is 8.22. The molecule has 1 heterocycles. The van der Waals surface area contributed by atoms with Crippen LogP contribution in [0, 0.1) is 5.82 Å². The van der Waals surface area contributed by atoms with Crippen LogP contribution >= 0.6 is 0 Å². The molecule has 2 N–H and O–H groups in total. The summed E-state index contributed by atoms with van der Waals surface area (Å²) in [5, 5.41) is 11.1. The van der Waals surface area contributed by atoms with E-state index >= 15 is 0 Å². The molecule has 0 aliphatic rings. The van der Waals surface area contributed by atoms with Crippen LogP contribution in [0.25, 0.3) is 11.4 Å². The van der Waals surface area contributed by atoms with Crippen molar-refractivity contribution in [2.75, 3.05) is 19.5 Å². The second-order valence-electron chi connectivity index (χ2n) is 3.46. The Morgan fingerprint density at radius 2 is 2.29 bits per heavy atom. The number of tetrazole rings is 1. The molecule has 90 valence electrons. The van der Waals surface area contributed by atoms with Crippen LogP contribution in [0.2, 0.25) is 0 Å². The summed E-state index contributed by atoms with van der Waals surface area (Å²) in [6, 6.07) is 4.40. The second-order valence-corrected chi connectivity index (χ2v) is 3.46. The number of hydrogen-bond donors (Lipinski definition) is 1. The summed E-state index contributed by atoms with van der Waals surface area (Å²) in [7, 11) is 1.58. The molecule has 0 radical (unpaired) electrons. The zero-order valence-electron chi connectivity index (χ0n) is 9.30. The molecule has 0 fully saturated rings. The molecule has 6 nitrogen and oxygen atoms in total. The number of anilines is 1. The predicted molar refractivity (Wildman–Crippen MR) is 59.5 cm³/mol. The van der Waals surface area contributed by atoms with Crippen LogP contribution in [0.1, 0.15) is 0 Å². The maximum atomic E-state index is 13.7. The first-order valence-electron chi connectivity index (χ1n) is 5.03. The number of aromatic nitrogens is 4. The Morgan fingerprint density at radius 1 is 1.47 bits per heavy atom. The third-order valence-electron chi connectivity index (χ3n) is 2.27. The van der Waals surface area contributed by atoms with Crippen molar-refractivity contribution in [3.8, 4) is 11.4 Å². The fourth-order valence-electron chi connectivity index (χ4n) is 1.44. The van der Waals surface area contributed by atoms with E-state index in [9.17, 15) is 4.39 Å². The fraction of sp³-hybridized carbons (Fsp3) is 0.300. The van der Waals surface area contributed by atoms with E-state index in [0.29, 0.717) is 30.2 Å². The Bertz CT molecular complexity index is 513. The lowest BCUT2D eigenvalue weighted by Gasteiger charge is -2.05. The molecule has 0 bridgehead atoms. The van der Waals surface area contributed by atoms with E-state index in [2.05, 4.69) is 15.5 Å². The highest BCUT2D eigenvalue weighted by molar-refractivity contribution is 5.59. The van der Waals surface area contributed by atoms with Gasteiger partial charge >= 0.3 is 0 Å². The van der Waals surface area contributed by atoms with Crippen molar-refractivity contribution in [2.24, 2.45) is 0 Å². The molecule has 7 heteroatoms. The van der Waals surface area contributed by atoms with Crippen LogP contribution in [-0.4, -0.2) is 33.9 Å². The van der Waals surface area contributed by atoms with Crippen molar-refractivity contribution in [1.82, 2.24) is 20.2 Å². The lowest BCUT2D eigenvalue weighted by molar-refractivity contribution is 0.183. The second kappa shape index (κ2) is 4.88. The van der Waals surface area contributed by atoms with Gasteiger partial charge in [-0.1, -0.05) is 0 Å². The van der Waals surface area contributed by atoms with Crippen LogP contribution < -0.4 is 5.73 Å². The molecule has 1 aromatic heterocycles. The van der Waals surface area contributed by atoms with Gasteiger partial charge < -0.3 is 10.5 Å². The summed E-state index contributed by atoms with van der Waals surface area (Å²) >= 11 is 0. The van der Waals surface area contributed by atoms with Gasteiger partial charge in [-0.2, -0.15) is 0 Å². The molecule has 0 saturated carbocycles. The Balaban J connectivity index is 2.35. The Labute approximate surface area is 97.2 Å². The molecule has 0 amide bonds. The molecule has 0 unspecified atom stereocenters. The molecule has 0 atom stereocenters. The van der Waals surface area contributed by atoms with Crippen LogP contribution in [-0.2, 0) is 11.3 Å². The number of methoxy groups -OCH3 is 1. The van der Waals surface area contributed by atoms with E-state index in [0.717, 1.165) is 0 Å². The Hall–Kier alpha value is -2.02. The number of ether oxygens (including phenoxy) is 1. The van der Waals surface area contributed by atoms with Crippen molar-refractivity contribution < 1.29 is 9.13 Å². The number of hydrogen-bond acceptors (Lipinski definition) is 5. The Kier molecular flexibility index (Phi) is 3.29. The summed E-state index contributed by atoms with van der Waals surface area (Å²) < 4.78 is 20.1. The van der Waals surface area contributed by atoms with Crippen LogP contribution in [0.3, 0.4) is 0 Å². The van der Waals surface area contributed by atoms with Crippen molar-refractivity contribution in [1.29, 1.82) is 0 Å². The highest BCUT2D eigenvalue weighted by atomic mass is 19.1. The normalized spacial score (nSPS) is 10.7. The molecule has 0 saturated heterocycles. The van der Waals surface area contributed by atoms with Crippen LogP contribution in [0.4, 0.5) is 10.1 Å². The largest absolute Gasteiger partial charge is 0.399 e. The molecular formula is C10H12FN5O. The van der Waals surface area contributed by atoms with E-state index in [1.54, 1.807) is 19.2 Å². The number of benzene rings is 1. The van der Waals surface area contributed by atoms with E-state index in [1.165, 1.54) is 10.7 Å². The summed E-state index contributed by atoms with van der Waals surface area (Å²) in [6.45, 7) is 0.914. The molecule has 0 spiro atoms. The predicted octanol–water partition coefficient (Wildman–Crippen LogP) is 0.708. The van der Waals surface area contributed by atoms with Gasteiger partial charge in [-0.3, -0.25) is 0 Å². The number of nitrogens with zero attached hydrogens (tertiary/aromatic N) is 4. The minimum Gasteiger partial charge on any atom is -0.399 e. The molecule has 0 aliphatic heterocycles. The monoisotopic (exact) mass is 237 g/mol. The van der Waals surface area contributed by atoms with Crippen molar-refractivity contribution in [3.63, 3.8) is 0 Å². The SMILES string of the molecule is COCCn1nnnc1-c1ccc(N)cc1F. The average Bonchev–Trinajstić information content (AvgIpc) is 2.74. The molecule has 17 heavy (non-hydrogen) atoms. The number of rotatable bonds is 4. The minimum atomic E-state index is -0.446. The van der Waals surface area contributed by atoms with Crippen molar-refractivity contribution in [3.05, 3.63) is 24.0 Å². The minimum absolute atomic E-state index is 0.320. The standard InChI is InChI=1S/C10H12FN5O/c1-17-5-4-16-10(13-14-15-16)8-3-2-7(12)6-9(8)11/h2-3,6H,4-5,12H2,1H3.